The van der Waals surface area contributed by atoms with Gasteiger partial charge in [-0.15, -0.1) is 0 Å². The van der Waals surface area contributed by atoms with Crippen LogP contribution in [0.3, 0.4) is 0 Å². The molecule has 0 saturated carbocycles. The molecule has 0 aromatic rings. The predicted octanol–water partition coefficient (Wildman–Crippen LogP) is 2.67. The molecule has 0 aliphatic heterocycles. The van der Waals surface area contributed by atoms with Crippen LogP contribution in [0.15, 0.2) is 12.7 Å². The Morgan fingerprint density at radius 1 is 1.05 bits per heavy atom. The van der Waals surface area contributed by atoms with Crippen LogP contribution in [0.4, 0.5) is 0 Å². The summed E-state index contributed by atoms with van der Waals surface area (Å²) < 4.78 is 9.56. The Morgan fingerprint density at radius 2 is 1.53 bits per heavy atom. The zero-order valence-corrected chi connectivity index (χ0v) is 12.8. The third kappa shape index (κ3) is 15.7. The van der Waals surface area contributed by atoms with Crippen molar-refractivity contribution in [3.63, 3.8) is 0 Å². The van der Waals surface area contributed by atoms with Gasteiger partial charge < -0.3 is 19.0 Å². The van der Waals surface area contributed by atoms with Crippen LogP contribution in [0.5, 0.6) is 0 Å². The predicted molar refractivity (Wildman–Crippen MR) is 78.1 cm³/mol. The highest BCUT2D eigenvalue weighted by atomic mass is 32.5. The monoisotopic (exact) mass is 310 g/mol. The molecule has 0 fully saturated rings. The van der Waals surface area contributed by atoms with Gasteiger partial charge in [0.25, 0.3) is 0 Å². The van der Waals surface area contributed by atoms with Crippen molar-refractivity contribution in [2.45, 2.75) is 44.9 Å². The summed E-state index contributed by atoms with van der Waals surface area (Å²) in [6, 6.07) is 0. The van der Waals surface area contributed by atoms with Crippen LogP contribution in [0, 0.1) is 0 Å². The number of carbonyl (C=O) groups is 1. The zero-order valence-electron chi connectivity index (χ0n) is 11.1. The van der Waals surface area contributed by atoms with Crippen molar-refractivity contribution in [3.05, 3.63) is 12.7 Å². The molecule has 0 aromatic heterocycles. The van der Waals surface area contributed by atoms with E-state index in [4.69, 9.17) is 19.0 Å². The standard InChI is InChI=1S/C12H23O5PS/c1-2-12(13)16-10-8-6-4-3-5-7-9-11-17-18(14,15)19/h2H,1,3-11H2,(H2,14,15,19). The number of hydrogen-bond acceptors (Lipinski definition) is 4. The second-order valence-corrected chi connectivity index (χ2v) is 6.84. The Kier molecular flexibility index (Phi) is 11.4. The molecule has 0 bridgehead atoms. The third-order valence-electron chi connectivity index (χ3n) is 2.46. The average molecular weight is 310 g/mol. The molecule has 0 unspecified atom stereocenters. The highest BCUT2D eigenvalue weighted by Gasteiger charge is 2.06. The van der Waals surface area contributed by atoms with Gasteiger partial charge in [0, 0.05) is 6.08 Å². The first-order valence-electron chi connectivity index (χ1n) is 6.45. The molecule has 5 nitrogen and oxygen atoms in total. The smallest absolute Gasteiger partial charge is 0.330 e. The Balaban J connectivity index is 3.13. The largest absolute Gasteiger partial charge is 0.463 e. The molecule has 0 aromatic carbocycles. The van der Waals surface area contributed by atoms with Gasteiger partial charge >= 0.3 is 12.7 Å². The molecule has 0 radical (unpaired) electrons. The first-order chi connectivity index (χ1) is 8.95. The minimum Gasteiger partial charge on any atom is -0.463 e. The van der Waals surface area contributed by atoms with Gasteiger partial charge in [0.15, 0.2) is 0 Å². The summed E-state index contributed by atoms with van der Waals surface area (Å²) in [4.78, 5) is 28.4. The summed E-state index contributed by atoms with van der Waals surface area (Å²) in [5, 5.41) is 0. The van der Waals surface area contributed by atoms with Crippen molar-refractivity contribution < 1.29 is 23.8 Å². The van der Waals surface area contributed by atoms with E-state index in [1.54, 1.807) is 0 Å². The van der Waals surface area contributed by atoms with Gasteiger partial charge in [-0.05, 0) is 24.6 Å². The lowest BCUT2D eigenvalue weighted by Crippen LogP contribution is -2.01. The Labute approximate surface area is 119 Å². The minimum atomic E-state index is -3.47. The molecule has 0 spiro atoms. The number of hydrogen-bond donors (Lipinski definition) is 2. The number of rotatable bonds is 12. The van der Waals surface area contributed by atoms with Crippen LogP contribution < -0.4 is 0 Å². The van der Waals surface area contributed by atoms with Gasteiger partial charge in [0.2, 0.25) is 0 Å². The Hall–Kier alpha value is -0.260. The zero-order chi connectivity index (χ0) is 14.6. The average Bonchev–Trinajstić information content (AvgIpc) is 2.34. The molecule has 0 saturated heterocycles. The normalized spacial score (nSPS) is 11.3. The lowest BCUT2D eigenvalue weighted by Gasteiger charge is -2.07. The molecule has 0 heterocycles. The van der Waals surface area contributed by atoms with Crippen molar-refractivity contribution in [3.8, 4) is 0 Å². The van der Waals surface area contributed by atoms with Gasteiger partial charge in [-0.1, -0.05) is 38.7 Å². The fourth-order valence-electron chi connectivity index (χ4n) is 1.50. The molecule has 0 aliphatic rings. The quantitative estimate of drug-likeness (QED) is 0.250. The maximum Gasteiger partial charge on any atom is 0.330 e. The minimum absolute atomic E-state index is 0.307. The fourth-order valence-corrected chi connectivity index (χ4v) is 2.09. The highest BCUT2D eigenvalue weighted by Crippen LogP contribution is 2.36. The molecule has 0 amide bonds. The maximum absolute atomic E-state index is 10.7. The summed E-state index contributed by atoms with van der Waals surface area (Å²) >= 11 is 4.33. The second kappa shape index (κ2) is 11.6. The molecule has 2 N–H and O–H groups in total. The van der Waals surface area contributed by atoms with E-state index >= 15 is 0 Å². The SMILES string of the molecule is C=CC(=O)OCCCCCCCCCOP(O)(O)=S. The van der Waals surface area contributed by atoms with Crippen LogP contribution in [0.25, 0.3) is 0 Å². The van der Waals surface area contributed by atoms with Crippen molar-refractivity contribution in [1.29, 1.82) is 0 Å². The summed E-state index contributed by atoms with van der Waals surface area (Å²) in [6.07, 6.45) is 8.15. The summed E-state index contributed by atoms with van der Waals surface area (Å²) in [7, 11) is 0. The van der Waals surface area contributed by atoms with Gasteiger partial charge in [0.05, 0.1) is 13.2 Å². The summed E-state index contributed by atoms with van der Waals surface area (Å²) in [5.41, 5.74) is 0. The molecule has 0 aliphatic carbocycles. The third-order valence-corrected chi connectivity index (χ3v) is 3.29. The number of carbonyl (C=O) groups excluding carboxylic acids is 1. The van der Waals surface area contributed by atoms with E-state index in [0.29, 0.717) is 13.2 Å². The van der Waals surface area contributed by atoms with Crippen LogP contribution in [0.2, 0.25) is 0 Å². The number of ether oxygens (including phenoxy) is 1. The molecule has 19 heavy (non-hydrogen) atoms. The number of esters is 1. The molecular weight excluding hydrogens is 287 g/mol. The van der Waals surface area contributed by atoms with Gasteiger partial charge in [-0.25, -0.2) is 4.79 Å². The Morgan fingerprint density at radius 3 is 2.00 bits per heavy atom. The van der Waals surface area contributed by atoms with E-state index < -0.39 is 6.72 Å². The van der Waals surface area contributed by atoms with E-state index in [0.717, 1.165) is 44.9 Å². The fraction of sp³-hybridized carbons (Fsp3) is 0.750. The summed E-state index contributed by atoms with van der Waals surface area (Å²) in [6.45, 7) is 0.615. The van der Waals surface area contributed by atoms with Crippen molar-refractivity contribution >= 4 is 24.5 Å². The highest BCUT2D eigenvalue weighted by molar-refractivity contribution is 8.06. The van der Waals surface area contributed by atoms with E-state index in [9.17, 15) is 4.79 Å². The number of unbranched alkanes of at least 4 members (excludes halogenated alkanes) is 6. The topological polar surface area (TPSA) is 76.0 Å². The molecule has 0 rings (SSSR count). The second-order valence-electron chi connectivity index (χ2n) is 4.17. The lowest BCUT2D eigenvalue weighted by atomic mass is 10.1. The Bertz CT molecular complexity index is 302. The van der Waals surface area contributed by atoms with E-state index in [1.807, 2.05) is 0 Å². The van der Waals surface area contributed by atoms with Crippen molar-refractivity contribution in [2.24, 2.45) is 0 Å². The van der Waals surface area contributed by atoms with E-state index in [1.165, 1.54) is 6.08 Å². The molecule has 112 valence electrons. The first-order valence-corrected chi connectivity index (χ1v) is 9.07. The first kappa shape index (κ1) is 18.7. The molecule has 7 heteroatoms. The maximum atomic E-state index is 10.7. The van der Waals surface area contributed by atoms with E-state index in [-0.39, 0.29) is 5.97 Å². The van der Waals surface area contributed by atoms with Gasteiger partial charge in [-0.3, -0.25) is 0 Å². The van der Waals surface area contributed by atoms with Crippen molar-refractivity contribution in [2.75, 3.05) is 13.2 Å². The van der Waals surface area contributed by atoms with Crippen LogP contribution in [0.1, 0.15) is 44.9 Å². The van der Waals surface area contributed by atoms with Gasteiger partial charge in [0.1, 0.15) is 0 Å². The van der Waals surface area contributed by atoms with Gasteiger partial charge in [-0.2, -0.15) is 0 Å². The van der Waals surface area contributed by atoms with E-state index in [2.05, 4.69) is 18.4 Å². The van der Waals surface area contributed by atoms with Crippen LogP contribution >= 0.6 is 6.72 Å². The van der Waals surface area contributed by atoms with Crippen molar-refractivity contribution in [1.82, 2.24) is 0 Å². The van der Waals surface area contributed by atoms with Crippen LogP contribution in [-0.4, -0.2) is 29.0 Å². The molecular formula is C12H23O5PS. The molecule has 0 atom stereocenters. The van der Waals surface area contributed by atoms with Crippen LogP contribution in [-0.2, 0) is 25.9 Å². The lowest BCUT2D eigenvalue weighted by molar-refractivity contribution is -0.137. The summed E-state index contributed by atoms with van der Waals surface area (Å²) in [5.74, 6) is -0.367.